The van der Waals surface area contributed by atoms with E-state index in [1.54, 1.807) is 41.3 Å². The van der Waals surface area contributed by atoms with Crippen molar-refractivity contribution in [1.82, 2.24) is 9.80 Å². The Bertz CT molecular complexity index is 880. The quantitative estimate of drug-likeness (QED) is 0.647. The van der Waals surface area contributed by atoms with Crippen molar-refractivity contribution in [1.29, 1.82) is 0 Å². The lowest BCUT2D eigenvalue weighted by Gasteiger charge is -2.28. The van der Waals surface area contributed by atoms with Crippen molar-refractivity contribution in [2.45, 2.75) is 0 Å². The van der Waals surface area contributed by atoms with Gasteiger partial charge in [-0.2, -0.15) is 0 Å². The largest absolute Gasteiger partial charge is 0.457 e. The first-order valence-corrected chi connectivity index (χ1v) is 9.62. The molecule has 1 saturated heterocycles. The molecule has 0 spiro atoms. The number of hydrogen-bond acceptors (Lipinski definition) is 6. The predicted octanol–water partition coefficient (Wildman–Crippen LogP) is 1.95. The molecular formula is C22H24N2O6. The van der Waals surface area contributed by atoms with E-state index in [2.05, 4.69) is 0 Å². The van der Waals surface area contributed by atoms with E-state index in [0.717, 1.165) is 0 Å². The lowest BCUT2D eigenvalue weighted by Crippen LogP contribution is -2.46. The molecule has 0 N–H and O–H groups in total. The summed E-state index contributed by atoms with van der Waals surface area (Å²) in [5, 5.41) is 0. The van der Waals surface area contributed by atoms with Crippen LogP contribution in [0.15, 0.2) is 54.6 Å². The molecule has 0 unspecified atom stereocenters. The van der Waals surface area contributed by atoms with E-state index in [0.29, 0.717) is 37.8 Å². The van der Waals surface area contributed by atoms with Crippen LogP contribution >= 0.6 is 0 Å². The van der Waals surface area contributed by atoms with Crippen LogP contribution in [0, 0.1) is 0 Å². The van der Waals surface area contributed by atoms with Crippen molar-refractivity contribution in [3.63, 3.8) is 0 Å². The van der Waals surface area contributed by atoms with Gasteiger partial charge in [0, 0.05) is 20.1 Å². The van der Waals surface area contributed by atoms with Crippen LogP contribution in [0.2, 0.25) is 0 Å². The zero-order valence-corrected chi connectivity index (χ0v) is 16.8. The van der Waals surface area contributed by atoms with Gasteiger partial charge in [-0.05, 0) is 30.3 Å². The summed E-state index contributed by atoms with van der Waals surface area (Å²) in [4.78, 5) is 39.7. The second kappa shape index (κ2) is 10.4. The number of nitrogens with zero attached hydrogens (tertiary/aromatic N) is 2. The molecule has 1 aliphatic heterocycles. The normalized spacial score (nSPS) is 13.4. The van der Waals surface area contributed by atoms with Crippen molar-refractivity contribution in [3.05, 3.63) is 60.2 Å². The Morgan fingerprint density at radius 2 is 1.70 bits per heavy atom. The van der Waals surface area contributed by atoms with Crippen molar-refractivity contribution < 1.29 is 28.6 Å². The van der Waals surface area contributed by atoms with Crippen LogP contribution in [0.1, 0.15) is 10.4 Å². The summed E-state index contributed by atoms with van der Waals surface area (Å²) < 4.78 is 16.0. The maximum atomic E-state index is 12.3. The van der Waals surface area contributed by atoms with Gasteiger partial charge in [-0.15, -0.1) is 0 Å². The third-order valence-corrected chi connectivity index (χ3v) is 4.54. The minimum absolute atomic E-state index is 0.0726. The number of para-hydroxylation sites is 1. The van der Waals surface area contributed by atoms with Crippen LogP contribution in [0.3, 0.4) is 0 Å². The minimum Gasteiger partial charge on any atom is -0.457 e. The molecular weight excluding hydrogens is 388 g/mol. The van der Waals surface area contributed by atoms with Gasteiger partial charge in [-0.1, -0.05) is 24.3 Å². The Hall–Kier alpha value is -3.39. The minimum atomic E-state index is -0.644. The Morgan fingerprint density at radius 3 is 2.43 bits per heavy atom. The number of rotatable bonds is 7. The van der Waals surface area contributed by atoms with Crippen LogP contribution in [-0.4, -0.2) is 74.1 Å². The fourth-order valence-corrected chi connectivity index (χ4v) is 2.84. The van der Waals surface area contributed by atoms with E-state index >= 15 is 0 Å². The molecule has 0 radical (unpaired) electrons. The van der Waals surface area contributed by atoms with Crippen LogP contribution in [-0.2, 0) is 19.1 Å². The number of benzene rings is 2. The molecule has 0 atom stereocenters. The molecule has 0 aliphatic carbocycles. The van der Waals surface area contributed by atoms with Gasteiger partial charge in [0.25, 0.3) is 5.91 Å². The number of ether oxygens (including phenoxy) is 3. The molecule has 2 aromatic rings. The molecule has 0 aromatic heterocycles. The molecule has 158 valence electrons. The van der Waals surface area contributed by atoms with E-state index < -0.39 is 18.5 Å². The first-order valence-electron chi connectivity index (χ1n) is 9.62. The number of carbonyl (C=O) groups is 3. The molecule has 1 fully saturated rings. The maximum absolute atomic E-state index is 12.3. The SMILES string of the molecule is CN(CC(=O)N1CCOCC1)C(=O)COC(=O)c1cccc(Oc2ccccc2)c1. The van der Waals surface area contributed by atoms with E-state index in [4.69, 9.17) is 14.2 Å². The first kappa shape index (κ1) is 21.3. The highest BCUT2D eigenvalue weighted by Gasteiger charge is 2.21. The second-order valence-electron chi connectivity index (χ2n) is 6.76. The zero-order chi connectivity index (χ0) is 21.3. The van der Waals surface area contributed by atoms with E-state index in [-0.39, 0.29) is 18.0 Å². The van der Waals surface area contributed by atoms with Crippen LogP contribution in [0.4, 0.5) is 0 Å². The summed E-state index contributed by atoms with van der Waals surface area (Å²) in [5.41, 5.74) is 0.267. The van der Waals surface area contributed by atoms with Gasteiger partial charge in [-0.25, -0.2) is 4.79 Å². The molecule has 0 saturated carbocycles. The number of carbonyl (C=O) groups excluding carboxylic acids is 3. The average Bonchev–Trinajstić information content (AvgIpc) is 2.78. The number of amides is 2. The summed E-state index contributed by atoms with van der Waals surface area (Å²) in [6.07, 6.45) is 0. The van der Waals surface area contributed by atoms with Gasteiger partial charge in [0.1, 0.15) is 11.5 Å². The number of esters is 1. The van der Waals surface area contributed by atoms with Crippen LogP contribution < -0.4 is 4.74 Å². The number of likely N-dealkylation sites (N-methyl/N-ethyl adjacent to an activating group) is 1. The fourth-order valence-electron chi connectivity index (χ4n) is 2.84. The monoisotopic (exact) mass is 412 g/mol. The van der Waals surface area contributed by atoms with E-state index in [9.17, 15) is 14.4 Å². The van der Waals surface area contributed by atoms with Crippen LogP contribution in [0.5, 0.6) is 11.5 Å². The van der Waals surface area contributed by atoms with Gasteiger partial charge >= 0.3 is 5.97 Å². The second-order valence-corrected chi connectivity index (χ2v) is 6.76. The molecule has 8 heteroatoms. The standard InChI is InChI=1S/C22H24N2O6/c1-23(15-20(25)24-10-12-28-13-11-24)21(26)16-29-22(27)17-6-5-9-19(14-17)30-18-7-3-2-4-8-18/h2-9,14H,10-13,15-16H2,1H3. The van der Waals surface area contributed by atoms with Gasteiger partial charge in [0.2, 0.25) is 5.91 Å². The highest BCUT2D eigenvalue weighted by molar-refractivity contribution is 5.92. The summed E-state index contributed by atoms with van der Waals surface area (Å²) in [6.45, 7) is 1.49. The van der Waals surface area contributed by atoms with Crippen molar-refractivity contribution in [2.75, 3.05) is 46.5 Å². The Labute approximate surface area is 174 Å². The van der Waals surface area contributed by atoms with Gasteiger partial charge in [-0.3, -0.25) is 9.59 Å². The van der Waals surface area contributed by atoms with Crippen molar-refractivity contribution in [3.8, 4) is 11.5 Å². The average molecular weight is 412 g/mol. The molecule has 30 heavy (non-hydrogen) atoms. The van der Waals surface area contributed by atoms with Crippen molar-refractivity contribution in [2.24, 2.45) is 0 Å². The Kier molecular flexibility index (Phi) is 7.40. The lowest BCUT2D eigenvalue weighted by molar-refractivity contribution is -0.143. The summed E-state index contributed by atoms with van der Waals surface area (Å²) in [5.74, 6) is -0.136. The zero-order valence-electron chi connectivity index (χ0n) is 16.8. The smallest absolute Gasteiger partial charge is 0.338 e. The van der Waals surface area contributed by atoms with Crippen LogP contribution in [0.25, 0.3) is 0 Å². The highest BCUT2D eigenvalue weighted by atomic mass is 16.5. The molecule has 2 aromatic carbocycles. The van der Waals surface area contributed by atoms with Gasteiger partial charge in [0.15, 0.2) is 6.61 Å². The lowest BCUT2D eigenvalue weighted by atomic mass is 10.2. The third-order valence-electron chi connectivity index (χ3n) is 4.54. The molecule has 1 aliphatic rings. The highest BCUT2D eigenvalue weighted by Crippen LogP contribution is 2.22. The number of morpholine rings is 1. The maximum Gasteiger partial charge on any atom is 0.338 e. The topological polar surface area (TPSA) is 85.4 Å². The van der Waals surface area contributed by atoms with E-state index in [1.165, 1.54) is 11.9 Å². The predicted molar refractivity (Wildman–Crippen MR) is 108 cm³/mol. The summed E-state index contributed by atoms with van der Waals surface area (Å²) in [7, 11) is 1.50. The Morgan fingerprint density at radius 1 is 1.00 bits per heavy atom. The van der Waals surface area contributed by atoms with Gasteiger partial charge < -0.3 is 24.0 Å². The molecule has 1 heterocycles. The molecule has 2 amide bonds. The molecule has 0 bridgehead atoms. The third kappa shape index (κ3) is 6.05. The van der Waals surface area contributed by atoms with E-state index in [1.807, 2.05) is 18.2 Å². The first-order chi connectivity index (χ1) is 14.5. The van der Waals surface area contributed by atoms with Crippen molar-refractivity contribution >= 4 is 17.8 Å². The molecule has 3 rings (SSSR count). The summed E-state index contributed by atoms with van der Waals surface area (Å²) in [6, 6.07) is 15.7. The van der Waals surface area contributed by atoms with Gasteiger partial charge in [0.05, 0.1) is 25.3 Å². The number of hydrogen-bond donors (Lipinski definition) is 0. The Balaban J connectivity index is 1.49. The molecule has 8 nitrogen and oxygen atoms in total. The fraction of sp³-hybridized carbons (Fsp3) is 0.318. The summed E-state index contributed by atoms with van der Waals surface area (Å²) >= 11 is 0.